The van der Waals surface area contributed by atoms with Crippen molar-refractivity contribution in [1.29, 1.82) is 0 Å². The van der Waals surface area contributed by atoms with Crippen LogP contribution in [0.3, 0.4) is 0 Å². The van der Waals surface area contributed by atoms with Crippen LogP contribution in [-0.2, 0) is 104 Å². The molecule has 0 heterocycles. The number of ether oxygens (including phenoxy) is 8. The normalized spacial score (nSPS) is 18.0. The molecule has 6 aliphatic rings. The van der Waals surface area contributed by atoms with E-state index in [2.05, 4.69) is 192 Å². The van der Waals surface area contributed by atoms with E-state index in [0.717, 1.165) is 79.0 Å². The van der Waals surface area contributed by atoms with Crippen LogP contribution in [-0.4, -0.2) is 89.3 Å². The number of carbonyl (C=O) groups is 7. The Bertz CT molecular complexity index is 4260. The molecule has 0 bridgehead atoms. The van der Waals surface area contributed by atoms with Gasteiger partial charge in [0.25, 0.3) is 0 Å². The number of esters is 7. The summed E-state index contributed by atoms with van der Waals surface area (Å²) in [5.41, 5.74) is 18.9. The zero-order valence-electron chi connectivity index (χ0n) is 79.4. The van der Waals surface area contributed by atoms with Crippen molar-refractivity contribution in [2.24, 2.45) is 0 Å². The summed E-state index contributed by atoms with van der Waals surface area (Å²) in [4.78, 5) is 90.2. The molecule has 680 valence electrons. The maximum absolute atomic E-state index is 11.6. The van der Waals surface area contributed by atoms with Crippen molar-refractivity contribution in [3.05, 3.63) is 343 Å². The number of benzene rings is 7. The van der Waals surface area contributed by atoms with Gasteiger partial charge < -0.3 is 42.7 Å². The van der Waals surface area contributed by atoms with Crippen LogP contribution in [0.2, 0.25) is 0 Å². The largest absolute Gasteiger partial charge is 0.469 e. The molecule has 0 saturated carbocycles. The number of nitro groups is 1. The van der Waals surface area contributed by atoms with Gasteiger partial charge in [-0.15, -0.1) is 0 Å². The first-order chi connectivity index (χ1) is 58.7. The Balaban J connectivity index is 0.000000486. The lowest BCUT2D eigenvalue weighted by Gasteiger charge is -2.19. The molecule has 6 aliphatic carbocycles. The SMILES string of the molecule is C=C(C)C(=O)OC1CC(C)(C)c2ccccc21.C=C(C)C(=O)OC1CC(C)(C)c2ccccc21.C=C(C)C(=O)OC1CC(C)(C)c2ccccc21.C=C(C)C(=O)OC1CC(C)(C)c2ccccc21.C=C(C)C(=O)OC1CC(C)(C)c2ccccc21.C=C(C)C(=O)OC1CC(C)(C)c2ccccc21.CF.COC.COC(C)=O.C[N+](=O)[O-].Cc1ccccc1.[C-]#[N+]C. The molecule has 0 spiro atoms. The third-order valence-corrected chi connectivity index (χ3v) is 21.2. The fourth-order valence-corrected chi connectivity index (χ4v) is 15.0. The van der Waals surface area contributed by atoms with E-state index in [4.69, 9.17) is 45.1 Å². The van der Waals surface area contributed by atoms with E-state index in [1.54, 1.807) is 55.8 Å². The zero-order valence-corrected chi connectivity index (χ0v) is 79.4. The second kappa shape index (κ2) is 50.9. The molecule has 7 aromatic rings. The molecule has 6 atom stereocenters. The van der Waals surface area contributed by atoms with Crippen molar-refractivity contribution in [3.63, 3.8) is 0 Å². The molecule has 0 saturated heterocycles. The van der Waals surface area contributed by atoms with Crippen LogP contribution in [0.15, 0.2) is 249 Å². The molecule has 0 fully saturated rings. The Morgan fingerprint density at radius 3 is 0.563 bits per heavy atom. The standard InChI is InChI=1S/6C15H18O2.C7H8.C3H6O2.C2H3N.C2H6O.CH3F.CH3NO2/c6*1-10(2)14(16)17-13-9-15(3,4)12-8-6-5-7-11(12)13;1-7-5-3-2-4-6-7;1-3(4)5-2;2*1-3-2;1-2;1-2(3)4/h6*5-8,13H,1,9H2,2-4H3;2-6H,1H3;1-2H3;1H3;1-2H3;1H3;1H3. The van der Waals surface area contributed by atoms with Gasteiger partial charge in [-0.25, -0.2) is 35.3 Å². The van der Waals surface area contributed by atoms with Crippen molar-refractivity contribution < 1.29 is 80.8 Å². The van der Waals surface area contributed by atoms with Gasteiger partial charge in [0.1, 0.15) is 36.6 Å². The summed E-state index contributed by atoms with van der Waals surface area (Å²) in [5, 5.41) is 8.81. The lowest BCUT2D eigenvalue weighted by atomic mass is 9.87. The predicted molar refractivity (Wildman–Crippen MR) is 501 cm³/mol. The minimum absolute atomic E-state index is 0.0661. The Morgan fingerprint density at radius 2 is 0.460 bits per heavy atom. The molecule has 19 nitrogen and oxygen atoms in total. The number of alkyl halides is 1. The van der Waals surface area contributed by atoms with Gasteiger partial charge in [0.2, 0.25) is 7.05 Å². The van der Waals surface area contributed by atoms with Gasteiger partial charge in [0, 0.05) is 59.5 Å². The van der Waals surface area contributed by atoms with Crippen molar-refractivity contribution >= 4 is 41.8 Å². The maximum Gasteiger partial charge on any atom is 0.333 e. The highest BCUT2D eigenvalue weighted by Crippen LogP contribution is 2.52. The van der Waals surface area contributed by atoms with Crippen LogP contribution in [0.5, 0.6) is 0 Å². The topological polar surface area (TPSA) is 241 Å². The molecule has 0 aromatic heterocycles. The highest BCUT2D eigenvalue weighted by Gasteiger charge is 2.44. The van der Waals surface area contributed by atoms with Crippen molar-refractivity contribution in [2.45, 2.75) is 246 Å². The molecule has 0 amide bonds. The first kappa shape index (κ1) is 110. The monoisotopic (exact) mass is 1730 g/mol. The molecule has 13 rings (SSSR count). The highest BCUT2D eigenvalue weighted by molar-refractivity contribution is 5.89. The van der Waals surface area contributed by atoms with Crippen LogP contribution >= 0.6 is 0 Å². The number of rotatable bonds is 12. The smallest absolute Gasteiger partial charge is 0.333 e. The molecule has 6 unspecified atom stereocenters. The third kappa shape index (κ3) is 33.8. The lowest BCUT2D eigenvalue weighted by Crippen LogP contribution is -2.14. The summed E-state index contributed by atoms with van der Waals surface area (Å²) in [7, 11) is 7.41. The Kier molecular flexibility index (Phi) is 44.5. The second-order valence-corrected chi connectivity index (χ2v) is 35.5. The van der Waals surface area contributed by atoms with Crippen molar-refractivity contribution in [2.75, 3.05) is 42.6 Å². The van der Waals surface area contributed by atoms with Gasteiger partial charge in [0.05, 0.1) is 14.3 Å². The van der Waals surface area contributed by atoms with Crippen LogP contribution < -0.4 is 0 Å². The van der Waals surface area contributed by atoms with E-state index in [-0.39, 0.29) is 111 Å². The van der Waals surface area contributed by atoms with Crippen molar-refractivity contribution in [3.8, 4) is 0 Å². The lowest BCUT2D eigenvalue weighted by molar-refractivity contribution is -0.445. The molecular weight excluding hydrogens is 1590 g/mol. The molecule has 0 radical (unpaired) electrons. The summed E-state index contributed by atoms with van der Waals surface area (Å²) in [6.45, 7) is 67.2. The minimum atomic E-state index is -0.500. The molecule has 126 heavy (non-hydrogen) atoms. The first-order valence-electron chi connectivity index (χ1n) is 41.7. The van der Waals surface area contributed by atoms with Gasteiger partial charge in [-0.1, -0.05) is 304 Å². The number of hydrogen-bond acceptors (Lipinski definition) is 17. The first-order valence-corrected chi connectivity index (χ1v) is 41.7. The van der Waals surface area contributed by atoms with Gasteiger partial charge in [-0.05, 0) is 186 Å². The number of methoxy groups -OCH3 is 2. The average molecular weight is 1730 g/mol. The van der Waals surface area contributed by atoms with Crippen LogP contribution in [0.25, 0.3) is 4.85 Å². The van der Waals surface area contributed by atoms with E-state index >= 15 is 0 Å². The summed E-state index contributed by atoms with van der Waals surface area (Å²) in [5.74, 6) is -2.06. The molecule has 0 N–H and O–H groups in total. The number of aryl methyl sites for hydroxylation is 1. The number of nitrogens with zero attached hydrogens (tertiary/aromatic N) is 2. The molecule has 0 aliphatic heterocycles. The molecular formula is C106H137FN2O17. The summed E-state index contributed by atoms with van der Waals surface area (Å²) in [6, 6.07) is 59.3. The maximum atomic E-state index is 11.6. The zero-order chi connectivity index (χ0) is 96.2. The summed E-state index contributed by atoms with van der Waals surface area (Å²) < 4.78 is 50.8. The quantitative estimate of drug-likeness (QED) is 0.0276. The van der Waals surface area contributed by atoms with Crippen LogP contribution in [0.1, 0.15) is 279 Å². The second-order valence-electron chi connectivity index (χ2n) is 35.5. The molecule has 20 heteroatoms. The van der Waals surface area contributed by atoms with Gasteiger partial charge in [-0.2, -0.15) is 0 Å². The summed E-state index contributed by atoms with van der Waals surface area (Å²) >= 11 is 0. The number of halogens is 1. The molecule has 7 aromatic carbocycles. The Labute approximate surface area is 749 Å². The van der Waals surface area contributed by atoms with E-state index in [1.807, 2.05) is 127 Å². The van der Waals surface area contributed by atoms with E-state index in [1.165, 1.54) is 60.0 Å². The van der Waals surface area contributed by atoms with E-state index in [9.17, 15) is 38.0 Å². The van der Waals surface area contributed by atoms with Gasteiger partial charge in [0.15, 0.2) is 7.05 Å². The van der Waals surface area contributed by atoms with E-state index in [0.29, 0.717) is 40.6 Å². The summed E-state index contributed by atoms with van der Waals surface area (Å²) in [6.07, 6.45) is 4.23. The highest BCUT2D eigenvalue weighted by atomic mass is 19.1. The fraction of sp³-hybridized carbons (Fsp3) is 0.415. The predicted octanol–water partition coefficient (Wildman–Crippen LogP) is 24.6. The number of fused-ring (bicyclic) bond motifs is 6. The van der Waals surface area contributed by atoms with Crippen LogP contribution in [0, 0.1) is 23.6 Å². The van der Waals surface area contributed by atoms with Crippen LogP contribution in [0.4, 0.5) is 4.39 Å². The third-order valence-electron chi connectivity index (χ3n) is 21.2. The van der Waals surface area contributed by atoms with Gasteiger partial charge in [-0.3, -0.25) is 19.3 Å². The number of hydrogen-bond donors (Lipinski definition) is 0. The number of carbonyl (C=O) groups excluding carboxylic acids is 7. The Hall–Kier alpha value is -12.0. The average Bonchev–Trinajstić information content (AvgIpc) is 1.67. The van der Waals surface area contributed by atoms with Crippen molar-refractivity contribution in [1.82, 2.24) is 0 Å². The van der Waals surface area contributed by atoms with Gasteiger partial charge >= 0.3 is 41.8 Å². The fourth-order valence-electron chi connectivity index (χ4n) is 15.0. The Morgan fingerprint density at radius 1 is 0.341 bits per heavy atom. The minimum Gasteiger partial charge on any atom is -0.469 e. The van der Waals surface area contributed by atoms with E-state index < -0.39 is 4.92 Å².